The Bertz CT molecular complexity index is 522. The molecule has 0 amide bonds. The molecule has 0 atom stereocenters. The van der Waals surface area contributed by atoms with Crippen LogP contribution in [0.15, 0.2) is 29.2 Å². The molecule has 1 aliphatic rings. The van der Waals surface area contributed by atoms with E-state index in [0.717, 1.165) is 44.1 Å². The predicted octanol–water partition coefficient (Wildman–Crippen LogP) is 2.12. The monoisotopic (exact) mass is 312 g/mol. The molecular weight excluding hydrogens is 288 g/mol. The Balaban J connectivity index is 1.95. The maximum atomic E-state index is 12.3. The minimum Gasteiger partial charge on any atom is -0.305 e. The molecule has 6 heteroatoms. The molecule has 0 saturated heterocycles. The van der Waals surface area contributed by atoms with Crippen molar-refractivity contribution in [2.24, 2.45) is 5.90 Å². The lowest BCUT2D eigenvalue weighted by Crippen LogP contribution is -2.36. The normalized spacial score (nSPS) is 17.0. The maximum Gasteiger partial charge on any atom is 0.240 e. The van der Waals surface area contributed by atoms with Crippen LogP contribution < -0.4 is 10.6 Å². The molecule has 0 radical (unpaired) electrons. The Labute approximate surface area is 126 Å². The highest BCUT2D eigenvalue weighted by molar-refractivity contribution is 7.89. The van der Waals surface area contributed by atoms with E-state index in [1.54, 1.807) is 12.1 Å². The SMILES string of the molecule is NOCCCc1ccc(S(=O)(=O)NC2CCCCC2)cc1. The molecule has 0 spiro atoms. The first-order valence-electron chi connectivity index (χ1n) is 7.55. The van der Waals surface area contributed by atoms with E-state index in [-0.39, 0.29) is 6.04 Å². The fourth-order valence-electron chi connectivity index (χ4n) is 2.70. The number of rotatable bonds is 7. The van der Waals surface area contributed by atoms with Crippen LogP contribution in [0.2, 0.25) is 0 Å². The van der Waals surface area contributed by atoms with Crippen LogP contribution in [0.25, 0.3) is 0 Å². The van der Waals surface area contributed by atoms with Crippen molar-refractivity contribution in [1.82, 2.24) is 4.72 Å². The van der Waals surface area contributed by atoms with Gasteiger partial charge < -0.3 is 4.84 Å². The molecule has 1 aliphatic carbocycles. The molecular formula is C15H24N2O3S. The van der Waals surface area contributed by atoms with Gasteiger partial charge in [-0.25, -0.2) is 19.0 Å². The first-order chi connectivity index (χ1) is 10.1. The molecule has 1 aromatic carbocycles. The van der Waals surface area contributed by atoms with Crippen molar-refractivity contribution in [1.29, 1.82) is 0 Å². The summed E-state index contributed by atoms with van der Waals surface area (Å²) in [7, 11) is -3.40. The second kappa shape index (κ2) is 7.89. The van der Waals surface area contributed by atoms with Crippen molar-refractivity contribution in [2.75, 3.05) is 6.61 Å². The number of hydrogen-bond acceptors (Lipinski definition) is 4. The lowest BCUT2D eigenvalue weighted by Gasteiger charge is -2.22. The van der Waals surface area contributed by atoms with Crippen molar-refractivity contribution in [3.8, 4) is 0 Å². The highest BCUT2D eigenvalue weighted by atomic mass is 32.2. The average Bonchev–Trinajstić information content (AvgIpc) is 2.49. The lowest BCUT2D eigenvalue weighted by molar-refractivity contribution is 0.135. The summed E-state index contributed by atoms with van der Waals surface area (Å²) < 4.78 is 27.5. The number of nitrogens with one attached hydrogen (secondary N) is 1. The molecule has 0 aromatic heterocycles. The van der Waals surface area contributed by atoms with Crippen molar-refractivity contribution >= 4 is 10.0 Å². The van der Waals surface area contributed by atoms with E-state index in [9.17, 15) is 8.42 Å². The fourth-order valence-corrected chi connectivity index (χ4v) is 4.01. The first-order valence-corrected chi connectivity index (χ1v) is 9.03. The third-order valence-corrected chi connectivity index (χ3v) is 5.42. The quantitative estimate of drug-likeness (QED) is 0.597. The maximum absolute atomic E-state index is 12.3. The van der Waals surface area contributed by atoms with Crippen LogP contribution in [-0.4, -0.2) is 21.1 Å². The fraction of sp³-hybridized carbons (Fsp3) is 0.600. The first kappa shape index (κ1) is 16.4. The zero-order valence-electron chi connectivity index (χ0n) is 12.3. The van der Waals surface area contributed by atoms with E-state index in [1.165, 1.54) is 6.42 Å². The van der Waals surface area contributed by atoms with Crippen LogP contribution in [0.1, 0.15) is 44.1 Å². The van der Waals surface area contributed by atoms with Crippen LogP contribution in [0.5, 0.6) is 0 Å². The molecule has 3 N–H and O–H groups in total. The molecule has 0 unspecified atom stereocenters. The molecule has 0 heterocycles. The van der Waals surface area contributed by atoms with Gasteiger partial charge in [0, 0.05) is 6.04 Å². The zero-order chi connectivity index (χ0) is 15.1. The van der Waals surface area contributed by atoms with Gasteiger partial charge in [-0.2, -0.15) is 0 Å². The van der Waals surface area contributed by atoms with Gasteiger partial charge in [0.05, 0.1) is 11.5 Å². The Kier molecular flexibility index (Phi) is 6.17. The summed E-state index contributed by atoms with van der Waals surface area (Å²) in [5.41, 5.74) is 1.09. The Morgan fingerprint density at radius 2 is 1.81 bits per heavy atom. The second-order valence-electron chi connectivity index (χ2n) is 5.57. The summed E-state index contributed by atoms with van der Waals surface area (Å²) in [5.74, 6) is 4.98. The smallest absolute Gasteiger partial charge is 0.240 e. The molecule has 0 aliphatic heterocycles. The van der Waals surface area contributed by atoms with E-state index in [4.69, 9.17) is 5.90 Å². The van der Waals surface area contributed by atoms with Crippen molar-refractivity contribution in [2.45, 2.75) is 55.9 Å². The van der Waals surface area contributed by atoms with Gasteiger partial charge in [-0.15, -0.1) is 0 Å². The molecule has 118 valence electrons. The lowest BCUT2D eigenvalue weighted by atomic mass is 9.96. The van der Waals surface area contributed by atoms with Crippen molar-refractivity contribution < 1.29 is 13.3 Å². The van der Waals surface area contributed by atoms with Crippen LogP contribution in [0.3, 0.4) is 0 Å². The van der Waals surface area contributed by atoms with E-state index in [1.807, 2.05) is 12.1 Å². The van der Waals surface area contributed by atoms with E-state index >= 15 is 0 Å². The van der Waals surface area contributed by atoms with Gasteiger partial charge in [0.15, 0.2) is 0 Å². The topological polar surface area (TPSA) is 81.4 Å². The highest BCUT2D eigenvalue weighted by Gasteiger charge is 2.21. The summed E-state index contributed by atoms with van der Waals surface area (Å²) in [5, 5.41) is 0. The van der Waals surface area contributed by atoms with Gasteiger partial charge in [-0.1, -0.05) is 31.4 Å². The van der Waals surface area contributed by atoms with E-state index in [2.05, 4.69) is 9.56 Å². The highest BCUT2D eigenvalue weighted by Crippen LogP contribution is 2.20. The van der Waals surface area contributed by atoms with Crippen molar-refractivity contribution in [3.05, 3.63) is 29.8 Å². The van der Waals surface area contributed by atoms with Crippen LogP contribution in [0.4, 0.5) is 0 Å². The third-order valence-electron chi connectivity index (χ3n) is 3.89. The average molecular weight is 312 g/mol. The molecule has 1 saturated carbocycles. The predicted molar refractivity (Wildman–Crippen MR) is 82.1 cm³/mol. The molecule has 21 heavy (non-hydrogen) atoms. The zero-order valence-corrected chi connectivity index (χ0v) is 13.1. The van der Waals surface area contributed by atoms with Crippen LogP contribution >= 0.6 is 0 Å². The molecule has 1 aromatic rings. The Morgan fingerprint density at radius 3 is 2.43 bits per heavy atom. The number of aryl methyl sites for hydroxylation is 1. The summed E-state index contributed by atoms with van der Waals surface area (Å²) in [6.45, 7) is 0.503. The molecule has 1 fully saturated rings. The number of benzene rings is 1. The number of hydrogen-bond donors (Lipinski definition) is 2. The van der Waals surface area contributed by atoms with E-state index in [0.29, 0.717) is 11.5 Å². The number of sulfonamides is 1. The summed E-state index contributed by atoms with van der Waals surface area (Å²) in [6.07, 6.45) is 6.95. The minimum atomic E-state index is -3.40. The standard InChI is InChI=1S/C15H24N2O3S/c16-20-12-4-5-13-8-10-15(11-9-13)21(18,19)17-14-6-2-1-3-7-14/h8-11,14,17H,1-7,12,16H2. The molecule has 0 bridgehead atoms. The van der Waals surface area contributed by atoms with Crippen molar-refractivity contribution in [3.63, 3.8) is 0 Å². The largest absolute Gasteiger partial charge is 0.305 e. The van der Waals surface area contributed by atoms with Gasteiger partial charge in [0.2, 0.25) is 10.0 Å². The van der Waals surface area contributed by atoms with Gasteiger partial charge in [-0.3, -0.25) is 0 Å². The third kappa shape index (κ3) is 5.07. The number of nitrogens with two attached hydrogens (primary N) is 1. The molecule has 5 nitrogen and oxygen atoms in total. The van der Waals surface area contributed by atoms with Gasteiger partial charge in [-0.05, 0) is 43.4 Å². The Hall–Kier alpha value is -0.950. The summed E-state index contributed by atoms with van der Waals surface area (Å²) in [6, 6.07) is 7.14. The summed E-state index contributed by atoms with van der Waals surface area (Å²) in [4.78, 5) is 4.86. The van der Waals surface area contributed by atoms with Crippen LogP contribution in [-0.2, 0) is 21.3 Å². The molecule has 2 rings (SSSR count). The van der Waals surface area contributed by atoms with E-state index < -0.39 is 10.0 Å². The minimum absolute atomic E-state index is 0.0881. The summed E-state index contributed by atoms with van der Waals surface area (Å²) >= 11 is 0. The Morgan fingerprint density at radius 1 is 1.14 bits per heavy atom. The second-order valence-corrected chi connectivity index (χ2v) is 7.29. The van der Waals surface area contributed by atoms with Gasteiger partial charge >= 0.3 is 0 Å². The van der Waals surface area contributed by atoms with Gasteiger partial charge in [0.25, 0.3) is 0 Å². The van der Waals surface area contributed by atoms with Crippen LogP contribution in [0, 0.1) is 0 Å². The van der Waals surface area contributed by atoms with Gasteiger partial charge in [0.1, 0.15) is 0 Å².